The van der Waals surface area contributed by atoms with Crippen LogP contribution in [0.2, 0.25) is 0 Å². The second-order valence-corrected chi connectivity index (χ2v) is 10.8. The van der Waals surface area contributed by atoms with Crippen molar-refractivity contribution < 1.29 is 23.1 Å². The van der Waals surface area contributed by atoms with Crippen molar-refractivity contribution in [1.82, 2.24) is 10.2 Å². The highest BCUT2D eigenvalue weighted by molar-refractivity contribution is 7.92. The van der Waals surface area contributed by atoms with Gasteiger partial charge in [0.1, 0.15) is 11.5 Å². The highest BCUT2D eigenvalue weighted by Crippen LogP contribution is 2.25. The SMILES string of the molecule is CC(=O)Cc1cccc(S(=O)(=O)Nc2cccc([C@@H](O)CCCCOc3ccc4c(C)[nH]nc4c3)c2)c1. The molecule has 0 radical (unpaired) electrons. The predicted octanol–water partition coefficient (Wildman–Crippen LogP) is 5.09. The fourth-order valence-corrected chi connectivity index (χ4v) is 5.26. The van der Waals surface area contributed by atoms with Crippen LogP contribution < -0.4 is 9.46 Å². The Morgan fingerprint density at radius 3 is 2.70 bits per heavy atom. The lowest BCUT2D eigenvalue weighted by atomic mass is 10.0. The quantitative estimate of drug-likeness (QED) is 0.223. The van der Waals surface area contributed by atoms with Crippen molar-refractivity contribution >= 4 is 32.4 Å². The molecule has 4 rings (SSSR count). The molecule has 0 aliphatic heterocycles. The van der Waals surface area contributed by atoms with Gasteiger partial charge in [-0.25, -0.2) is 8.42 Å². The smallest absolute Gasteiger partial charge is 0.261 e. The summed E-state index contributed by atoms with van der Waals surface area (Å²) in [5.74, 6) is 0.715. The molecule has 194 valence electrons. The maximum absolute atomic E-state index is 12.9. The molecule has 0 bridgehead atoms. The zero-order chi connectivity index (χ0) is 26.4. The van der Waals surface area contributed by atoms with E-state index < -0.39 is 16.1 Å². The van der Waals surface area contributed by atoms with Gasteiger partial charge < -0.3 is 9.84 Å². The number of aryl methyl sites for hydroxylation is 1. The number of aliphatic hydroxyl groups is 1. The molecule has 4 aromatic rings. The van der Waals surface area contributed by atoms with E-state index in [-0.39, 0.29) is 17.1 Å². The van der Waals surface area contributed by atoms with Crippen molar-refractivity contribution in [3.8, 4) is 5.75 Å². The van der Waals surface area contributed by atoms with E-state index in [1.165, 1.54) is 19.1 Å². The summed E-state index contributed by atoms with van der Waals surface area (Å²) in [5, 5.41) is 18.9. The van der Waals surface area contributed by atoms with E-state index in [1.807, 2.05) is 25.1 Å². The van der Waals surface area contributed by atoms with E-state index in [9.17, 15) is 18.3 Å². The Morgan fingerprint density at radius 2 is 1.89 bits per heavy atom. The van der Waals surface area contributed by atoms with E-state index in [0.29, 0.717) is 29.8 Å². The number of ketones is 1. The molecular formula is C28H31N3O5S. The number of rotatable bonds is 12. The molecule has 1 aromatic heterocycles. The van der Waals surface area contributed by atoms with E-state index in [0.717, 1.165) is 35.2 Å². The number of unbranched alkanes of at least 4 members (excludes halogenated alkanes) is 1. The first kappa shape index (κ1) is 26.4. The molecule has 8 nitrogen and oxygen atoms in total. The monoisotopic (exact) mass is 521 g/mol. The van der Waals surface area contributed by atoms with Crippen LogP contribution in [0.5, 0.6) is 5.75 Å². The first-order valence-corrected chi connectivity index (χ1v) is 13.7. The van der Waals surface area contributed by atoms with E-state index >= 15 is 0 Å². The minimum atomic E-state index is -3.84. The van der Waals surface area contributed by atoms with Crippen molar-refractivity contribution in [2.45, 2.75) is 50.5 Å². The number of nitrogens with one attached hydrogen (secondary N) is 2. The van der Waals surface area contributed by atoms with Crippen LogP contribution in [0.3, 0.4) is 0 Å². The van der Waals surface area contributed by atoms with E-state index in [4.69, 9.17) is 4.74 Å². The van der Waals surface area contributed by atoms with Crippen molar-refractivity contribution in [2.75, 3.05) is 11.3 Å². The number of aromatic amines is 1. The summed E-state index contributed by atoms with van der Waals surface area (Å²) >= 11 is 0. The largest absolute Gasteiger partial charge is 0.494 e. The van der Waals surface area contributed by atoms with Crippen LogP contribution in [0, 0.1) is 6.92 Å². The Kier molecular flexibility index (Phi) is 8.25. The third-order valence-electron chi connectivity index (χ3n) is 6.04. The number of aromatic nitrogens is 2. The number of ether oxygens (including phenoxy) is 1. The first-order chi connectivity index (χ1) is 17.7. The summed E-state index contributed by atoms with van der Waals surface area (Å²) in [5.41, 5.74) is 3.52. The van der Waals surface area contributed by atoms with Gasteiger partial charge in [0.2, 0.25) is 0 Å². The van der Waals surface area contributed by atoms with E-state index in [2.05, 4.69) is 14.9 Å². The Balaban J connectivity index is 1.29. The van der Waals surface area contributed by atoms with E-state index in [1.54, 1.807) is 36.4 Å². The maximum Gasteiger partial charge on any atom is 0.261 e. The predicted molar refractivity (Wildman–Crippen MR) is 143 cm³/mol. The summed E-state index contributed by atoms with van der Waals surface area (Å²) < 4.78 is 34.1. The Hall–Kier alpha value is -3.69. The summed E-state index contributed by atoms with van der Waals surface area (Å²) in [4.78, 5) is 11.5. The van der Waals surface area contributed by atoms with Crippen LogP contribution in [0.15, 0.2) is 71.6 Å². The number of carbonyl (C=O) groups excluding carboxylic acids is 1. The first-order valence-electron chi connectivity index (χ1n) is 12.2. The molecule has 0 saturated carbocycles. The summed E-state index contributed by atoms with van der Waals surface area (Å²) in [6.45, 7) is 3.96. The number of H-pyrrole nitrogens is 1. The van der Waals surface area contributed by atoms with Crippen LogP contribution >= 0.6 is 0 Å². The summed E-state index contributed by atoms with van der Waals surface area (Å²) in [6.07, 6.45) is 1.47. The number of hydrogen-bond acceptors (Lipinski definition) is 6. The average molecular weight is 522 g/mol. The number of benzene rings is 3. The van der Waals surface area contributed by atoms with Gasteiger partial charge in [0.15, 0.2) is 0 Å². The van der Waals surface area contributed by atoms with Gasteiger partial charge in [0.05, 0.1) is 23.1 Å². The van der Waals surface area contributed by atoms with Gasteiger partial charge in [-0.1, -0.05) is 24.3 Å². The highest BCUT2D eigenvalue weighted by Gasteiger charge is 2.16. The van der Waals surface area contributed by atoms with Gasteiger partial charge in [-0.05, 0) is 80.6 Å². The highest BCUT2D eigenvalue weighted by atomic mass is 32.2. The van der Waals surface area contributed by atoms with Crippen molar-refractivity contribution in [3.63, 3.8) is 0 Å². The van der Waals surface area contributed by atoms with Crippen LogP contribution in [-0.4, -0.2) is 36.1 Å². The Labute approximate surface area is 216 Å². The van der Waals surface area contributed by atoms with Crippen LogP contribution in [0.1, 0.15) is 49.1 Å². The maximum atomic E-state index is 12.9. The van der Waals surface area contributed by atoms with Crippen LogP contribution in [0.4, 0.5) is 5.69 Å². The number of carbonyl (C=O) groups is 1. The lowest BCUT2D eigenvalue weighted by Gasteiger charge is -2.14. The van der Waals surface area contributed by atoms with Gasteiger partial charge >= 0.3 is 0 Å². The third-order valence-corrected chi connectivity index (χ3v) is 7.42. The molecule has 37 heavy (non-hydrogen) atoms. The fraction of sp³-hybridized carbons (Fsp3) is 0.286. The zero-order valence-electron chi connectivity index (χ0n) is 20.9. The number of hydrogen-bond donors (Lipinski definition) is 3. The minimum absolute atomic E-state index is 0.0404. The standard InChI is InChI=1S/C28H31N3O5S/c1-19(32)15-21-7-5-10-25(16-21)37(34,35)31-23-9-6-8-22(17-23)28(33)11-3-4-14-36-24-12-13-26-20(2)29-30-27(26)18-24/h5-10,12-13,16-18,28,31,33H,3-4,11,14-15H2,1-2H3,(H,29,30)/t28-/m0/s1. The molecule has 9 heteroatoms. The lowest BCUT2D eigenvalue weighted by Crippen LogP contribution is -2.14. The molecule has 3 aromatic carbocycles. The zero-order valence-corrected chi connectivity index (χ0v) is 21.7. The molecule has 0 aliphatic rings. The third kappa shape index (κ3) is 6.96. The number of fused-ring (bicyclic) bond motifs is 1. The molecule has 0 spiro atoms. The molecule has 0 aliphatic carbocycles. The summed E-state index contributed by atoms with van der Waals surface area (Å²) in [7, 11) is -3.84. The summed E-state index contributed by atoms with van der Waals surface area (Å²) in [6, 6.07) is 18.9. The molecule has 0 fully saturated rings. The number of Topliss-reactive ketones (excluding diaryl/α,β-unsaturated/α-hetero) is 1. The van der Waals surface area contributed by atoms with Crippen molar-refractivity contribution in [3.05, 3.63) is 83.6 Å². The molecule has 0 amide bonds. The van der Waals surface area contributed by atoms with Gasteiger partial charge in [-0.3, -0.25) is 14.6 Å². The molecule has 0 saturated heterocycles. The molecule has 0 unspecified atom stereocenters. The minimum Gasteiger partial charge on any atom is -0.494 e. The van der Waals surface area contributed by atoms with Crippen molar-refractivity contribution in [2.24, 2.45) is 0 Å². The average Bonchev–Trinajstić information content (AvgIpc) is 3.23. The Bertz CT molecular complexity index is 1500. The Morgan fingerprint density at radius 1 is 1.08 bits per heavy atom. The topological polar surface area (TPSA) is 121 Å². The second-order valence-electron chi connectivity index (χ2n) is 9.14. The lowest BCUT2D eigenvalue weighted by molar-refractivity contribution is -0.116. The number of aliphatic hydroxyl groups excluding tert-OH is 1. The number of anilines is 1. The molecule has 3 N–H and O–H groups in total. The van der Waals surface area contributed by atoms with Crippen LogP contribution in [0.25, 0.3) is 10.9 Å². The van der Waals surface area contributed by atoms with Gasteiger partial charge in [-0.2, -0.15) is 5.10 Å². The fourth-order valence-electron chi connectivity index (χ4n) is 4.15. The van der Waals surface area contributed by atoms with Gasteiger partial charge in [0.25, 0.3) is 10.0 Å². The molecule has 1 heterocycles. The number of sulfonamides is 1. The number of nitrogens with zero attached hydrogens (tertiary/aromatic N) is 1. The van der Waals surface area contributed by atoms with Crippen molar-refractivity contribution in [1.29, 1.82) is 0 Å². The van der Waals surface area contributed by atoms with Gasteiger partial charge in [0, 0.05) is 29.3 Å². The molecular weight excluding hydrogens is 490 g/mol. The normalized spacial score (nSPS) is 12.4. The second kappa shape index (κ2) is 11.6. The van der Waals surface area contributed by atoms with Gasteiger partial charge in [-0.15, -0.1) is 0 Å². The van der Waals surface area contributed by atoms with Crippen LogP contribution in [-0.2, 0) is 21.2 Å². The molecule has 1 atom stereocenters.